The Morgan fingerprint density at radius 2 is 2.07 bits per heavy atom. The fraction of sp³-hybridized carbons (Fsp3) is 0.261. The average Bonchev–Trinajstić information content (AvgIpc) is 3.40. The molecule has 5 heteroatoms. The molecule has 4 rings (SSSR count). The average molecular weight is 370 g/mol. The lowest BCUT2D eigenvalue weighted by molar-refractivity contribution is 0.127. The Labute approximate surface area is 165 Å². The van der Waals surface area contributed by atoms with E-state index in [4.69, 9.17) is 4.84 Å². The van der Waals surface area contributed by atoms with Crippen molar-refractivity contribution < 1.29 is 4.84 Å². The van der Waals surface area contributed by atoms with Crippen LogP contribution >= 0.6 is 0 Å². The molecule has 0 aliphatic heterocycles. The third-order valence-electron chi connectivity index (χ3n) is 4.44. The van der Waals surface area contributed by atoms with Crippen molar-refractivity contribution in [3.63, 3.8) is 0 Å². The predicted molar refractivity (Wildman–Crippen MR) is 109 cm³/mol. The molecule has 1 fully saturated rings. The van der Waals surface area contributed by atoms with E-state index in [1.54, 1.807) is 12.5 Å². The van der Waals surface area contributed by atoms with Gasteiger partial charge in [-0.2, -0.15) is 0 Å². The van der Waals surface area contributed by atoms with Crippen LogP contribution in [0.15, 0.2) is 66.3 Å². The molecule has 0 atom stereocenters. The van der Waals surface area contributed by atoms with Crippen LogP contribution in [0.1, 0.15) is 35.4 Å². The summed E-state index contributed by atoms with van der Waals surface area (Å²) in [5.41, 5.74) is 4.68. The van der Waals surface area contributed by atoms with Gasteiger partial charge in [-0.1, -0.05) is 35.2 Å². The molecule has 3 aromatic rings. The van der Waals surface area contributed by atoms with E-state index >= 15 is 0 Å². The normalized spacial score (nSPS) is 13.7. The van der Waals surface area contributed by atoms with Crippen molar-refractivity contribution >= 4 is 5.71 Å². The van der Waals surface area contributed by atoms with Gasteiger partial charge >= 0.3 is 0 Å². The van der Waals surface area contributed by atoms with E-state index in [1.165, 1.54) is 12.8 Å². The van der Waals surface area contributed by atoms with E-state index in [-0.39, 0.29) is 0 Å². The molecular weight excluding hydrogens is 348 g/mol. The number of imidazole rings is 1. The van der Waals surface area contributed by atoms with E-state index in [2.05, 4.69) is 27.0 Å². The maximum absolute atomic E-state index is 5.62. The second-order valence-corrected chi connectivity index (χ2v) is 6.94. The topological polar surface area (TPSA) is 52.3 Å². The number of oxime groups is 1. The van der Waals surface area contributed by atoms with Gasteiger partial charge < -0.3 is 9.40 Å². The fourth-order valence-electron chi connectivity index (χ4n) is 2.74. The molecule has 1 aliphatic rings. The summed E-state index contributed by atoms with van der Waals surface area (Å²) in [6.45, 7) is 2.87. The molecule has 140 valence electrons. The summed E-state index contributed by atoms with van der Waals surface area (Å²) in [5.74, 6) is 7.13. The van der Waals surface area contributed by atoms with Crippen molar-refractivity contribution in [1.29, 1.82) is 0 Å². The Morgan fingerprint density at radius 1 is 1.21 bits per heavy atom. The zero-order valence-corrected chi connectivity index (χ0v) is 15.9. The molecule has 1 aliphatic carbocycles. The molecular formula is C23H22N4O. The van der Waals surface area contributed by atoms with Gasteiger partial charge in [-0.15, -0.1) is 0 Å². The molecule has 28 heavy (non-hydrogen) atoms. The number of aryl methyl sites for hydroxylation is 1. The van der Waals surface area contributed by atoms with Gasteiger partial charge in [0.1, 0.15) is 5.71 Å². The lowest BCUT2D eigenvalue weighted by Gasteiger charge is -2.08. The third-order valence-corrected chi connectivity index (χ3v) is 4.44. The molecule has 0 bridgehead atoms. The number of nitrogens with zero attached hydrogens (tertiary/aromatic N) is 4. The number of hydrogen-bond donors (Lipinski definition) is 0. The molecule has 1 saturated carbocycles. The van der Waals surface area contributed by atoms with Crippen LogP contribution in [0, 0.1) is 24.7 Å². The minimum Gasteiger partial charge on any atom is -0.389 e. The van der Waals surface area contributed by atoms with Gasteiger partial charge in [-0.3, -0.25) is 4.98 Å². The number of pyridine rings is 1. The van der Waals surface area contributed by atoms with Crippen LogP contribution in [-0.4, -0.2) is 20.2 Å². The quantitative estimate of drug-likeness (QED) is 0.375. The zero-order chi connectivity index (χ0) is 19.2. The fourth-order valence-corrected chi connectivity index (χ4v) is 2.74. The Balaban J connectivity index is 1.50. The highest BCUT2D eigenvalue weighted by atomic mass is 16.6. The Kier molecular flexibility index (Phi) is 5.48. The molecule has 1 aromatic carbocycles. The third kappa shape index (κ3) is 5.08. The van der Waals surface area contributed by atoms with Crippen molar-refractivity contribution in [3.8, 4) is 11.8 Å². The summed E-state index contributed by atoms with van der Waals surface area (Å²) in [7, 11) is 0. The molecule has 0 unspecified atom stereocenters. The van der Waals surface area contributed by atoms with Crippen molar-refractivity contribution in [2.75, 3.05) is 0 Å². The van der Waals surface area contributed by atoms with Gasteiger partial charge in [0.2, 0.25) is 0 Å². The van der Waals surface area contributed by atoms with Crippen molar-refractivity contribution in [2.45, 2.75) is 32.9 Å². The highest BCUT2D eigenvalue weighted by Gasteiger charge is 2.17. The predicted octanol–water partition coefficient (Wildman–Crippen LogP) is 3.97. The number of benzene rings is 1. The lowest BCUT2D eigenvalue weighted by atomic mass is 10.1. The monoisotopic (exact) mass is 370 g/mol. The summed E-state index contributed by atoms with van der Waals surface area (Å²) in [6, 6.07) is 14.0. The molecule has 0 radical (unpaired) electrons. The molecule has 0 amide bonds. The maximum atomic E-state index is 5.62. The van der Waals surface area contributed by atoms with Gasteiger partial charge in [0, 0.05) is 35.1 Å². The van der Waals surface area contributed by atoms with Gasteiger partial charge in [0.15, 0.2) is 6.61 Å². The van der Waals surface area contributed by atoms with E-state index in [0.29, 0.717) is 19.1 Å². The van der Waals surface area contributed by atoms with E-state index in [1.807, 2.05) is 60.2 Å². The zero-order valence-electron chi connectivity index (χ0n) is 15.9. The smallest absolute Gasteiger partial charge is 0.159 e. The van der Waals surface area contributed by atoms with Crippen LogP contribution < -0.4 is 0 Å². The van der Waals surface area contributed by atoms with Crippen LogP contribution in [0.5, 0.6) is 0 Å². The maximum Gasteiger partial charge on any atom is 0.159 e. The molecule has 2 heterocycles. The number of aromatic nitrogens is 3. The summed E-state index contributed by atoms with van der Waals surface area (Å²) < 4.78 is 1.97. The molecule has 0 spiro atoms. The van der Waals surface area contributed by atoms with E-state index in [9.17, 15) is 0 Å². The van der Waals surface area contributed by atoms with Crippen LogP contribution in [0.2, 0.25) is 0 Å². The largest absolute Gasteiger partial charge is 0.389 e. The second-order valence-electron chi connectivity index (χ2n) is 6.94. The first kappa shape index (κ1) is 18.0. The number of hydrogen-bond acceptors (Lipinski definition) is 4. The van der Waals surface area contributed by atoms with Crippen LogP contribution in [-0.2, 0) is 18.0 Å². The minimum atomic E-state index is 0.333. The minimum absolute atomic E-state index is 0.333. The SMILES string of the molecule is Cc1cccc(CON=C(Cn2ccnc2)c2ccc(C#CC3CC3)cc2)n1. The van der Waals surface area contributed by atoms with Crippen molar-refractivity contribution in [1.82, 2.24) is 14.5 Å². The first-order valence-electron chi connectivity index (χ1n) is 9.45. The second kappa shape index (κ2) is 8.53. The molecule has 0 N–H and O–H groups in total. The number of rotatable bonds is 6. The lowest BCUT2D eigenvalue weighted by Crippen LogP contribution is -2.11. The van der Waals surface area contributed by atoms with E-state index in [0.717, 1.165) is 28.2 Å². The van der Waals surface area contributed by atoms with Gasteiger partial charge in [-0.25, -0.2) is 4.98 Å². The van der Waals surface area contributed by atoms with Gasteiger partial charge in [0.05, 0.1) is 18.6 Å². The Morgan fingerprint density at radius 3 is 2.79 bits per heavy atom. The van der Waals surface area contributed by atoms with Crippen molar-refractivity contribution in [3.05, 3.63) is 83.7 Å². The summed E-state index contributed by atoms with van der Waals surface area (Å²) in [5, 5.41) is 4.40. The van der Waals surface area contributed by atoms with Crippen LogP contribution in [0.25, 0.3) is 0 Å². The summed E-state index contributed by atoms with van der Waals surface area (Å²) in [4.78, 5) is 14.2. The Bertz CT molecular complexity index is 1010. The highest BCUT2D eigenvalue weighted by Crippen LogP contribution is 2.27. The van der Waals surface area contributed by atoms with Crippen molar-refractivity contribution in [2.24, 2.45) is 11.1 Å². The van der Waals surface area contributed by atoms with Crippen LogP contribution in [0.3, 0.4) is 0 Å². The standard InChI is InChI=1S/C23H22N4O/c1-18-3-2-4-22(25-18)16-28-26-23(15-27-14-13-24-17-27)21-11-9-20(10-12-21)8-7-19-5-6-19/h2-4,9-14,17,19H,5-6,15-16H2,1H3. The summed E-state index contributed by atoms with van der Waals surface area (Å²) >= 11 is 0. The molecule has 5 nitrogen and oxygen atoms in total. The highest BCUT2D eigenvalue weighted by molar-refractivity contribution is 6.00. The molecule has 2 aromatic heterocycles. The summed E-state index contributed by atoms with van der Waals surface area (Å²) in [6.07, 6.45) is 7.91. The van der Waals surface area contributed by atoms with Crippen LogP contribution in [0.4, 0.5) is 0 Å². The van der Waals surface area contributed by atoms with Gasteiger partial charge in [-0.05, 0) is 44.0 Å². The first-order valence-corrected chi connectivity index (χ1v) is 9.45. The first-order chi connectivity index (χ1) is 13.8. The molecule has 0 saturated heterocycles. The van der Waals surface area contributed by atoms with E-state index < -0.39 is 0 Å². The van der Waals surface area contributed by atoms with Gasteiger partial charge in [0.25, 0.3) is 0 Å². The Hall–Kier alpha value is -3.39.